The van der Waals surface area contributed by atoms with Crippen LogP contribution in [-0.4, -0.2) is 14.1 Å². The van der Waals surface area contributed by atoms with E-state index in [2.05, 4.69) is 22.3 Å². The van der Waals surface area contributed by atoms with E-state index >= 15 is 0 Å². The third kappa shape index (κ3) is 2.71. The van der Waals surface area contributed by atoms with Crippen molar-refractivity contribution in [1.29, 1.82) is 0 Å². The maximum atomic E-state index is 5.86. The van der Waals surface area contributed by atoms with Crippen LogP contribution in [0.4, 0.5) is 17.1 Å². The molecule has 17 heavy (non-hydrogen) atoms. The molecule has 0 aliphatic carbocycles. The van der Waals surface area contributed by atoms with E-state index in [0.29, 0.717) is 0 Å². The molecule has 1 aromatic heterocycles. The summed E-state index contributed by atoms with van der Waals surface area (Å²) in [5, 5.41) is 5.44. The molecule has 0 aliphatic rings. The van der Waals surface area contributed by atoms with Crippen molar-refractivity contribution in [3.8, 4) is 0 Å². The number of rotatable bonds is 4. The van der Waals surface area contributed by atoms with E-state index in [1.54, 1.807) is 11.3 Å². The Kier molecular flexibility index (Phi) is 3.54. The van der Waals surface area contributed by atoms with Crippen molar-refractivity contribution in [3.05, 3.63) is 40.6 Å². The van der Waals surface area contributed by atoms with Gasteiger partial charge in [-0.2, -0.15) is 0 Å². The van der Waals surface area contributed by atoms with E-state index in [1.165, 1.54) is 10.6 Å². The van der Waals surface area contributed by atoms with Gasteiger partial charge in [0.2, 0.25) is 0 Å². The zero-order chi connectivity index (χ0) is 12.3. The number of benzene rings is 1. The first kappa shape index (κ1) is 11.8. The van der Waals surface area contributed by atoms with E-state index in [9.17, 15) is 0 Å². The van der Waals surface area contributed by atoms with Crippen LogP contribution in [0.2, 0.25) is 0 Å². The lowest BCUT2D eigenvalue weighted by Crippen LogP contribution is -2.12. The van der Waals surface area contributed by atoms with Crippen LogP contribution in [0.15, 0.2) is 35.7 Å². The lowest BCUT2D eigenvalue weighted by atomic mass is 10.2. The molecule has 4 heteroatoms. The number of hydrogen-bond acceptors (Lipinski definition) is 4. The SMILES string of the molecule is CN(C)c1ccccc1NCc1sccc1N. The van der Waals surface area contributed by atoms with Crippen molar-refractivity contribution in [3.63, 3.8) is 0 Å². The summed E-state index contributed by atoms with van der Waals surface area (Å²) in [6, 6.07) is 10.2. The van der Waals surface area contributed by atoms with E-state index in [0.717, 1.165) is 17.9 Å². The maximum Gasteiger partial charge on any atom is 0.0596 e. The van der Waals surface area contributed by atoms with Crippen LogP contribution in [0, 0.1) is 0 Å². The molecule has 0 unspecified atom stereocenters. The molecule has 0 atom stereocenters. The zero-order valence-electron chi connectivity index (χ0n) is 10.1. The molecule has 0 bridgehead atoms. The Morgan fingerprint density at radius 1 is 1.24 bits per heavy atom. The lowest BCUT2D eigenvalue weighted by molar-refractivity contribution is 1.11. The minimum atomic E-state index is 0.772. The molecule has 3 nitrogen and oxygen atoms in total. The monoisotopic (exact) mass is 247 g/mol. The molecule has 0 aliphatic heterocycles. The van der Waals surface area contributed by atoms with Crippen LogP contribution in [-0.2, 0) is 6.54 Å². The standard InChI is InChI=1S/C13H17N3S/c1-16(2)12-6-4-3-5-11(12)15-9-13-10(14)7-8-17-13/h3-8,15H,9,14H2,1-2H3. The van der Waals surface area contributed by atoms with Gasteiger partial charge in [-0.25, -0.2) is 0 Å². The van der Waals surface area contributed by atoms with Crippen molar-refractivity contribution in [2.75, 3.05) is 30.0 Å². The first-order valence-electron chi connectivity index (χ1n) is 5.50. The second kappa shape index (κ2) is 5.10. The second-order valence-corrected chi connectivity index (χ2v) is 5.06. The van der Waals surface area contributed by atoms with Crippen molar-refractivity contribution in [2.24, 2.45) is 0 Å². The van der Waals surface area contributed by atoms with Gasteiger partial charge in [0.1, 0.15) is 0 Å². The first-order valence-corrected chi connectivity index (χ1v) is 6.38. The van der Waals surface area contributed by atoms with Crippen molar-refractivity contribution in [2.45, 2.75) is 6.54 Å². The fourth-order valence-corrected chi connectivity index (χ4v) is 2.42. The minimum absolute atomic E-state index is 0.772. The highest BCUT2D eigenvalue weighted by atomic mass is 32.1. The summed E-state index contributed by atoms with van der Waals surface area (Å²) in [5.74, 6) is 0. The first-order chi connectivity index (χ1) is 8.18. The van der Waals surface area contributed by atoms with Gasteiger partial charge >= 0.3 is 0 Å². The predicted octanol–water partition coefficient (Wildman–Crippen LogP) is 3.01. The number of para-hydroxylation sites is 2. The molecular weight excluding hydrogens is 230 g/mol. The molecular formula is C13H17N3S. The molecule has 90 valence electrons. The molecule has 1 heterocycles. The summed E-state index contributed by atoms with van der Waals surface area (Å²) in [6.45, 7) is 0.772. The predicted molar refractivity (Wildman–Crippen MR) is 76.8 cm³/mol. The fraction of sp³-hybridized carbons (Fsp3) is 0.231. The summed E-state index contributed by atoms with van der Waals surface area (Å²) in [5.41, 5.74) is 9.04. The van der Waals surface area contributed by atoms with Crippen LogP contribution in [0.25, 0.3) is 0 Å². The molecule has 2 aromatic rings. The van der Waals surface area contributed by atoms with Crippen molar-refractivity contribution < 1.29 is 0 Å². The number of thiophene rings is 1. The smallest absolute Gasteiger partial charge is 0.0596 e. The highest BCUT2D eigenvalue weighted by molar-refractivity contribution is 7.10. The zero-order valence-corrected chi connectivity index (χ0v) is 10.9. The Morgan fingerprint density at radius 2 is 2.00 bits per heavy atom. The summed E-state index contributed by atoms with van der Waals surface area (Å²) in [7, 11) is 4.08. The Bertz CT molecular complexity index is 491. The molecule has 1 aromatic carbocycles. The topological polar surface area (TPSA) is 41.3 Å². The molecule has 0 saturated heterocycles. The largest absolute Gasteiger partial charge is 0.398 e. The molecule has 0 radical (unpaired) electrons. The van der Waals surface area contributed by atoms with Crippen LogP contribution >= 0.6 is 11.3 Å². The Labute approximate surface area is 106 Å². The molecule has 0 saturated carbocycles. The van der Waals surface area contributed by atoms with Crippen LogP contribution in [0.3, 0.4) is 0 Å². The summed E-state index contributed by atoms with van der Waals surface area (Å²) in [4.78, 5) is 3.28. The second-order valence-electron chi connectivity index (χ2n) is 4.06. The van der Waals surface area contributed by atoms with Gasteiger partial charge < -0.3 is 16.0 Å². The molecule has 3 N–H and O–H groups in total. The number of nitrogens with zero attached hydrogens (tertiary/aromatic N) is 1. The summed E-state index contributed by atoms with van der Waals surface area (Å²) < 4.78 is 0. The normalized spacial score (nSPS) is 10.2. The van der Waals surface area contributed by atoms with E-state index in [1.807, 2.05) is 37.7 Å². The van der Waals surface area contributed by atoms with Gasteiger partial charge in [0.15, 0.2) is 0 Å². The highest BCUT2D eigenvalue weighted by Crippen LogP contribution is 2.26. The van der Waals surface area contributed by atoms with Crippen LogP contribution in [0.1, 0.15) is 4.88 Å². The van der Waals surface area contributed by atoms with Gasteiger partial charge in [0, 0.05) is 24.7 Å². The number of hydrogen-bond donors (Lipinski definition) is 2. The van der Waals surface area contributed by atoms with Gasteiger partial charge in [-0.3, -0.25) is 0 Å². The molecule has 0 spiro atoms. The average molecular weight is 247 g/mol. The van der Waals surface area contributed by atoms with Crippen LogP contribution < -0.4 is 16.0 Å². The summed E-state index contributed by atoms with van der Waals surface area (Å²) in [6.07, 6.45) is 0. The molecule has 2 rings (SSSR count). The van der Waals surface area contributed by atoms with E-state index in [-0.39, 0.29) is 0 Å². The Morgan fingerprint density at radius 3 is 2.65 bits per heavy atom. The van der Waals surface area contributed by atoms with Crippen molar-refractivity contribution in [1.82, 2.24) is 0 Å². The molecule has 0 amide bonds. The van der Waals surface area contributed by atoms with Crippen LogP contribution in [0.5, 0.6) is 0 Å². The number of nitrogens with one attached hydrogen (secondary N) is 1. The van der Waals surface area contributed by atoms with Gasteiger partial charge in [-0.1, -0.05) is 12.1 Å². The van der Waals surface area contributed by atoms with Gasteiger partial charge in [-0.15, -0.1) is 11.3 Å². The number of nitrogen functional groups attached to an aromatic ring is 1. The lowest BCUT2D eigenvalue weighted by Gasteiger charge is -2.18. The average Bonchev–Trinajstić information content (AvgIpc) is 2.72. The fourth-order valence-electron chi connectivity index (χ4n) is 1.68. The summed E-state index contributed by atoms with van der Waals surface area (Å²) >= 11 is 1.68. The maximum absolute atomic E-state index is 5.86. The Balaban J connectivity index is 2.11. The van der Waals surface area contributed by atoms with Gasteiger partial charge in [-0.05, 0) is 23.6 Å². The highest BCUT2D eigenvalue weighted by Gasteiger charge is 2.04. The van der Waals surface area contributed by atoms with Gasteiger partial charge in [0.25, 0.3) is 0 Å². The van der Waals surface area contributed by atoms with E-state index in [4.69, 9.17) is 5.73 Å². The van der Waals surface area contributed by atoms with E-state index < -0.39 is 0 Å². The number of nitrogens with two attached hydrogens (primary N) is 1. The minimum Gasteiger partial charge on any atom is -0.398 e. The number of anilines is 3. The third-order valence-electron chi connectivity index (χ3n) is 2.61. The quantitative estimate of drug-likeness (QED) is 0.872. The van der Waals surface area contributed by atoms with Crippen molar-refractivity contribution >= 4 is 28.4 Å². The third-order valence-corrected chi connectivity index (χ3v) is 3.54. The Hall–Kier alpha value is -1.68. The molecule has 0 fully saturated rings. The van der Waals surface area contributed by atoms with Gasteiger partial charge in [0.05, 0.1) is 17.9 Å².